The number of hydrogen-bond acceptors (Lipinski definition) is 3. The molecule has 1 atom stereocenters. The lowest BCUT2D eigenvalue weighted by Gasteiger charge is -2.25. The summed E-state index contributed by atoms with van der Waals surface area (Å²) in [7, 11) is 1.81. The lowest BCUT2D eigenvalue weighted by atomic mass is 10.00. The fourth-order valence-electron chi connectivity index (χ4n) is 3.44. The van der Waals surface area contributed by atoms with Crippen molar-refractivity contribution in [2.45, 2.75) is 25.3 Å². The Bertz CT molecular complexity index is 717. The molecule has 1 aliphatic rings. The van der Waals surface area contributed by atoms with Gasteiger partial charge in [0.05, 0.1) is 6.04 Å². The Morgan fingerprint density at radius 3 is 2.44 bits per heavy atom. The number of urea groups is 1. The second-order valence-electron chi connectivity index (χ2n) is 7.04. The summed E-state index contributed by atoms with van der Waals surface area (Å²) in [5.41, 5.74) is 1.75. The van der Waals surface area contributed by atoms with Crippen LogP contribution < -0.4 is 5.32 Å². The van der Waals surface area contributed by atoms with E-state index in [1.54, 1.807) is 29.4 Å². The van der Waals surface area contributed by atoms with E-state index in [-0.39, 0.29) is 17.9 Å². The topological polar surface area (TPSA) is 48.5 Å². The Labute approximate surface area is 160 Å². The summed E-state index contributed by atoms with van der Waals surface area (Å²) in [5.74, 6) is -0.294. The summed E-state index contributed by atoms with van der Waals surface area (Å²) in [5, 5.41) is 3.07. The third kappa shape index (κ3) is 5.50. The van der Waals surface area contributed by atoms with Crippen molar-refractivity contribution in [2.24, 2.45) is 0 Å². The molecule has 0 unspecified atom stereocenters. The molecule has 1 saturated heterocycles. The molecule has 0 bridgehead atoms. The Hall–Kier alpha value is -2.47. The van der Waals surface area contributed by atoms with Gasteiger partial charge in [0, 0.05) is 26.0 Å². The molecule has 3 rings (SSSR count). The maximum atomic E-state index is 13.3. The van der Waals surface area contributed by atoms with E-state index in [1.807, 2.05) is 19.2 Å². The van der Waals surface area contributed by atoms with E-state index < -0.39 is 0 Å². The first-order chi connectivity index (χ1) is 13.1. The lowest BCUT2D eigenvalue weighted by Crippen LogP contribution is -2.40. The van der Waals surface area contributed by atoms with Gasteiger partial charge in [0.2, 0.25) is 0 Å². The fourth-order valence-corrected chi connectivity index (χ4v) is 3.44. The number of rotatable bonds is 7. The van der Waals surface area contributed by atoms with Gasteiger partial charge in [-0.15, -0.1) is 0 Å². The van der Waals surface area contributed by atoms with Crippen LogP contribution in [0.3, 0.4) is 0 Å². The van der Waals surface area contributed by atoms with Crippen molar-refractivity contribution in [3.8, 4) is 0 Å². The van der Waals surface area contributed by atoms with E-state index >= 15 is 0 Å². The van der Waals surface area contributed by atoms with Gasteiger partial charge in [-0.2, -0.15) is 0 Å². The van der Waals surface area contributed by atoms with Crippen molar-refractivity contribution in [2.75, 3.05) is 33.2 Å². The zero-order valence-corrected chi connectivity index (χ0v) is 15.8. The Morgan fingerprint density at radius 2 is 1.78 bits per heavy atom. The SMILES string of the molecule is CN(CCCN1CCCC1)C(=O)N[C@H](c1ccncc1)c1ccc(F)cc1. The van der Waals surface area contributed by atoms with Crippen molar-refractivity contribution < 1.29 is 9.18 Å². The summed E-state index contributed by atoms with van der Waals surface area (Å²) in [6, 6.07) is 9.47. The second-order valence-corrected chi connectivity index (χ2v) is 7.04. The Morgan fingerprint density at radius 1 is 1.15 bits per heavy atom. The van der Waals surface area contributed by atoms with Crippen LogP contribution in [0.5, 0.6) is 0 Å². The van der Waals surface area contributed by atoms with E-state index in [0.717, 1.165) is 24.1 Å². The molecule has 27 heavy (non-hydrogen) atoms. The molecule has 144 valence electrons. The van der Waals surface area contributed by atoms with Crippen LogP contribution >= 0.6 is 0 Å². The molecule has 1 aromatic heterocycles. The highest BCUT2D eigenvalue weighted by atomic mass is 19.1. The van der Waals surface area contributed by atoms with Gasteiger partial charge in [-0.25, -0.2) is 9.18 Å². The maximum absolute atomic E-state index is 13.3. The normalized spacial score (nSPS) is 15.5. The highest BCUT2D eigenvalue weighted by Gasteiger charge is 2.19. The number of aromatic nitrogens is 1. The Kier molecular flexibility index (Phi) is 6.76. The van der Waals surface area contributed by atoms with Crippen LogP contribution in [0.15, 0.2) is 48.8 Å². The van der Waals surface area contributed by atoms with Crippen molar-refractivity contribution in [3.63, 3.8) is 0 Å². The minimum absolute atomic E-state index is 0.137. The molecular formula is C21H27FN4O. The molecule has 6 heteroatoms. The van der Waals surface area contributed by atoms with Gasteiger partial charge >= 0.3 is 6.03 Å². The average Bonchev–Trinajstić information content (AvgIpc) is 3.21. The lowest BCUT2D eigenvalue weighted by molar-refractivity contribution is 0.203. The van der Waals surface area contributed by atoms with Crippen LogP contribution in [-0.4, -0.2) is 54.0 Å². The monoisotopic (exact) mass is 370 g/mol. The van der Waals surface area contributed by atoms with Gasteiger partial charge < -0.3 is 15.1 Å². The molecule has 0 spiro atoms. The number of likely N-dealkylation sites (tertiary alicyclic amines) is 1. The number of nitrogens with one attached hydrogen (secondary N) is 1. The molecule has 5 nitrogen and oxygen atoms in total. The molecule has 1 aromatic carbocycles. The first-order valence-corrected chi connectivity index (χ1v) is 9.53. The molecule has 2 amide bonds. The number of amides is 2. The predicted octanol–water partition coefficient (Wildman–Crippen LogP) is 3.44. The van der Waals surface area contributed by atoms with Gasteiger partial charge in [0.15, 0.2) is 0 Å². The van der Waals surface area contributed by atoms with Crippen LogP contribution in [0.2, 0.25) is 0 Å². The summed E-state index contributed by atoms with van der Waals surface area (Å²) >= 11 is 0. The molecule has 2 heterocycles. The molecule has 1 fully saturated rings. The average molecular weight is 370 g/mol. The van der Waals surface area contributed by atoms with Crippen molar-refractivity contribution in [3.05, 3.63) is 65.7 Å². The van der Waals surface area contributed by atoms with Crippen molar-refractivity contribution >= 4 is 6.03 Å². The molecule has 0 radical (unpaired) electrons. The molecule has 1 N–H and O–H groups in total. The van der Waals surface area contributed by atoms with Crippen LogP contribution in [0.25, 0.3) is 0 Å². The van der Waals surface area contributed by atoms with E-state index in [4.69, 9.17) is 0 Å². The van der Waals surface area contributed by atoms with E-state index in [0.29, 0.717) is 6.54 Å². The minimum Gasteiger partial charge on any atom is -0.328 e. The van der Waals surface area contributed by atoms with E-state index in [9.17, 15) is 9.18 Å². The van der Waals surface area contributed by atoms with Crippen molar-refractivity contribution in [1.82, 2.24) is 20.1 Å². The Balaban J connectivity index is 1.62. The highest BCUT2D eigenvalue weighted by Crippen LogP contribution is 2.22. The third-order valence-electron chi connectivity index (χ3n) is 5.02. The largest absolute Gasteiger partial charge is 0.328 e. The van der Waals surface area contributed by atoms with Gasteiger partial charge in [-0.3, -0.25) is 4.98 Å². The molecule has 2 aromatic rings. The van der Waals surface area contributed by atoms with Gasteiger partial charge in [0.25, 0.3) is 0 Å². The second kappa shape index (κ2) is 9.46. The molecule has 1 aliphatic heterocycles. The van der Waals surface area contributed by atoms with Crippen LogP contribution in [0, 0.1) is 5.82 Å². The summed E-state index contributed by atoms with van der Waals surface area (Å²) in [4.78, 5) is 20.9. The number of halogens is 1. The maximum Gasteiger partial charge on any atom is 0.317 e. The van der Waals surface area contributed by atoms with Crippen LogP contribution in [0.4, 0.5) is 9.18 Å². The fraction of sp³-hybridized carbons (Fsp3) is 0.429. The third-order valence-corrected chi connectivity index (χ3v) is 5.02. The van der Waals surface area contributed by atoms with E-state index in [2.05, 4.69) is 15.2 Å². The summed E-state index contributed by atoms with van der Waals surface area (Å²) in [6.45, 7) is 4.08. The predicted molar refractivity (Wildman–Crippen MR) is 104 cm³/mol. The zero-order valence-electron chi connectivity index (χ0n) is 15.8. The number of carbonyl (C=O) groups is 1. The minimum atomic E-state index is -0.345. The number of carbonyl (C=O) groups excluding carboxylic acids is 1. The number of hydrogen-bond donors (Lipinski definition) is 1. The highest BCUT2D eigenvalue weighted by molar-refractivity contribution is 5.75. The van der Waals surface area contributed by atoms with E-state index in [1.165, 1.54) is 38.1 Å². The zero-order chi connectivity index (χ0) is 19.1. The van der Waals surface area contributed by atoms with Crippen molar-refractivity contribution in [1.29, 1.82) is 0 Å². The smallest absolute Gasteiger partial charge is 0.317 e. The molecular weight excluding hydrogens is 343 g/mol. The number of nitrogens with zero attached hydrogens (tertiary/aromatic N) is 3. The van der Waals surface area contributed by atoms with Gasteiger partial charge in [-0.05, 0) is 74.3 Å². The first-order valence-electron chi connectivity index (χ1n) is 9.53. The first kappa shape index (κ1) is 19.3. The van der Waals surface area contributed by atoms with Crippen LogP contribution in [0.1, 0.15) is 36.4 Å². The molecule has 0 saturated carbocycles. The van der Waals surface area contributed by atoms with Gasteiger partial charge in [-0.1, -0.05) is 12.1 Å². The number of benzene rings is 1. The number of pyridine rings is 1. The summed E-state index contributed by atoms with van der Waals surface area (Å²) < 4.78 is 13.3. The standard InChI is InChI=1S/C21H27FN4O/c1-25(13-4-16-26-14-2-3-15-26)21(27)24-20(18-9-11-23-12-10-18)17-5-7-19(22)8-6-17/h5-12,20H,2-4,13-16H2,1H3,(H,24,27)/t20-/m0/s1. The summed E-state index contributed by atoms with van der Waals surface area (Å²) in [6.07, 6.45) is 6.90. The van der Waals surface area contributed by atoms with Gasteiger partial charge in [0.1, 0.15) is 5.82 Å². The molecule has 0 aliphatic carbocycles. The quantitative estimate of drug-likeness (QED) is 0.812. The van der Waals surface area contributed by atoms with Crippen LogP contribution in [-0.2, 0) is 0 Å².